The summed E-state index contributed by atoms with van der Waals surface area (Å²) < 4.78 is 4.75. The molecule has 0 aromatic heterocycles. The van der Waals surface area contributed by atoms with Crippen molar-refractivity contribution in [1.82, 2.24) is 5.32 Å². The highest BCUT2D eigenvalue weighted by Crippen LogP contribution is 2.25. The van der Waals surface area contributed by atoms with Crippen molar-refractivity contribution < 1.29 is 9.53 Å². The van der Waals surface area contributed by atoms with Crippen molar-refractivity contribution >= 4 is 5.97 Å². The van der Waals surface area contributed by atoms with Gasteiger partial charge in [0.05, 0.1) is 19.1 Å². The lowest BCUT2D eigenvalue weighted by Gasteiger charge is -2.28. The Morgan fingerprint density at radius 3 is 2.39 bits per heavy atom. The second-order valence-corrected chi connectivity index (χ2v) is 4.78. The molecule has 18 heavy (non-hydrogen) atoms. The van der Waals surface area contributed by atoms with Crippen LogP contribution in [-0.4, -0.2) is 20.1 Å². The maximum atomic E-state index is 11.5. The number of methoxy groups -OCH3 is 1. The third-order valence-corrected chi connectivity index (χ3v) is 3.41. The largest absolute Gasteiger partial charge is 0.469 e. The second kappa shape index (κ2) is 6.55. The van der Waals surface area contributed by atoms with Crippen LogP contribution in [0.1, 0.15) is 37.8 Å². The van der Waals surface area contributed by atoms with E-state index in [1.807, 2.05) is 14.0 Å². The number of benzene rings is 1. The summed E-state index contributed by atoms with van der Waals surface area (Å²) in [6.45, 7) is 4.18. The summed E-state index contributed by atoms with van der Waals surface area (Å²) in [5.41, 5.74) is 2.06. The third-order valence-electron chi connectivity index (χ3n) is 3.41. The van der Waals surface area contributed by atoms with E-state index in [9.17, 15) is 4.79 Å². The highest BCUT2D eigenvalue weighted by molar-refractivity contribution is 5.71. The minimum absolute atomic E-state index is 0.204. The Morgan fingerprint density at radius 1 is 1.33 bits per heavy atom. The van der Waals surface area contributed by atoms with Crippen molar-refractivity contribution in [2.75, 3.05) is 14.2 Å². The number of hydrogen-bond acceptors (Lipinski definition) is 3. The van der Waals surface area contributed by atoms with Gasteiger partial charge in [0.15, 0.2) is 0 Å². The smallest absolute Gasteiger partial charge is 0.307 e. The van der Waals surface area contributed by atoms with Crippen molar-refractivity contribution in [2.45, 2.75) is 38.6 Å². The molecule has 1 aromatic rings. The fourth-order valence-electron chi connectivity index (χ4n) is 2.02. The predicted octanol–water partition coefficient (Wildman–Crippen LogP) is 2.64. The lowest BCUT2D eigenvalue weighted by atomic mass is 9.88. The molecule has 1 atom stereocenters. The van der Waals surface area contributed by atoms with E-state index in [1.165, 1.54) is 12.7 Å². The first kappa shape index (κ1) is 14.7. The normalized spacial score (nSPS) is 14.0. The molecule has 0 spiro atoms. The van der Waals surface area contributed by atoms with E-state index in [1.54, 1.807) is 0 Å². The van der Waals surface area contributed by atoms with Crippen LogP contribution in [0.2, 0.25) is 0 Å². The van der Waals surface area contributed by atoms with Gasteiger partial charge in [0.1, 0.15) is 0 Å². The van der Waals surface area contributed by atoms with Gasteiger partial charge in [-0.2, -0.15) is 0 Å². The van der Waals surface area contributed by atoms with Crippen LogP contribution in [0, 0.1) is 0 Å². The first-order valence-corrected chi connectivity index (χ1v) is 6.41. The minimum Gasteiger partial charge on any atom is -0.469 e. The zero-order chi connectivity index (χ0) is 13.6. The highest BCUT2D eigenvalue weighted by atomic mass is 16.5. The van der Waals surface area contributed by atoms with Gasteiger partial charge in [-0.15, -0.1) is 0 Å². The summed E-state index contributed by atoms with van der Waals surface area (Å²) in [4.78, 5) is 11.5. The Balaban J connectivity index is 2.90. The van der Waals surface area contributed by atoms with Crippen LogP contribution < -0.4 is 5.32 Å². The summed E-state index contributed by atoms with van der Waals surface area (Å²) in [6.07, 6.45) is 2.56. The number of esters is 1. The highest BCUT2D eigenvalue weighted by Gasteiger charge is 2.28. The average molecular weight is 249 g/mol. The molecule has 0 radical (unpaired) electrons. The molecule has 100 valence electrons. The quantitative estimate of drug-likeness (QED) is 0.788. The Labute approximate surface area is 110 Å². The maximum absolute atomic E-state index is 11.5. The van der Waals surface area contributed by atoms with Crippen LogP contribution in [0.5, 0.6) is 0 Å². The number of carbonyl (C=O) groups excluding carboxylic acids is 1. The molecule has 0 heterocycles. The third kappa shape index (κ3) is 3.57. The fourth-order valence-corrected chi connectivity index (χ4v) is 2.02. The van der Waals surface area contributed by atoms with E-state index >= 15 is 0 Å². The number of ether oxygens (including phenoxy) is 1. The first-order valence-electron chi connectivity index (χ1n) is 6.41. The molecule has 1 unspecified atom stereocenters. The van der Waals surface area contributed by atoms with Gasteiger partial charge in [-0.25, -0.2) is 0 Å². The molecule has 3 nitrogen and oxygen atoms in total. The van der Waals surface area contributed by atoms with Gasteiger partial charge in [-0.05, 0) is 31.5 Å². The summed E-state index contributed by atoms with van der Waals surface area (Å²) >= 11 is 0. The van der Waals surface area contributed by atoms with Gasteiger partial charge in [-0.1, -0.05) is 37.6 Å². The summed E-state index contributed by atoms with van der Waals surface area (Å²) in [5.74, 6) is -0.204. The van der Waals surface area contributed by atoms with Crippen molar-refractivity contribution in [2.24, 2.45) is 0 Å². The van der Waals surface area contributed by atoms with Gasteiger partial charge in [-0.3, -0.25) is 4.79 Å². The Bertz CT molecular complexity index is 386. The van der Waals surface area contributed by atoms with Crippen LogP contribution >= 0.6 is 0 Å². The van der Waals surface area contributed by atoms with Crippen LogP contribution in [0.15, 0.2) is 24.3 Å². The topological polar surface area (TPSA) is 38.3 Å². The molecule has 0 saturated heterocycles. The molecule has 0 fully saturated rings. The molecule has 3 heteroatoms. The molecule has 0 amide bonds. The molecule has 1 rings (SSSR count). The molecule has 1 aromatic carbocycles. The second-order valence-electron chi connectivity index (χ2n) is 4.78. The van der Waals surface area contributed by atoms with E-state index in [4.69, 9.17) is 4.74 Å². The summed E-state index contributed by atoms with van der Waals surface area (Å²) in [7, 11) is 3.28. The Hall–Kier alpha value is -1.35. The number of nitrogens with one attached hydrogen (secondary N) is 1. The van der Waals surface area contributed by atoms with Gasteiger partial charge in [0.25, 0.3) is 0 Å². The standard InChI is InChI=1S/C15H23NO2/c1-5-6-12-7-9-13(10-8-12)15(2,16-3)11-14(17)18-4/h7-10,16H,5-6,11H2,1-4H3. The first-order chi connectivity index (χ1) is 8.55. The Morgan fingerprint density at radius 2 is 1.94 bits per heavy atom. The number of rotatable bonds is 6. The lowest BCUT2D eigenvalue weighted by molar-refractivity contribution is -0.142. The van der Waals surface area contributed by atoms with Gasteiger partial charge < -0.3 is 10.1 Å². The van der Waals surface area contributed by atoms with E-state index in [-0.39, 0.29) is 11.5 Å². The van der Waals surface area contributed by atoms with Gasteiger partial charge >= 0.3 is 5.97 Å². The number of carbonyl (C=O) groups is 1. The number of hydrogen-bond donors (Lipinski definition) is 1. The predicted molar refractivity (Wildman–Crippen MR) is 73.5 cm³/mol. The van der Waals surface area contributed by atoms with Gasteiger partial charge in [0.2, 0.25) is 0 Å². The molecule has 0 saturated carbocycles. The van der Waals surface area contributed by atoms with E-state index in [0.717, 1.165) is 18.4 Å². The number of aryl methyl sites for hydroxylation is 1. The van der Waals surface area contributed by atoms with Crippen LogP contribution in [0.3, 0.4) is 0 Å². The van der Waals surface area contributed by atoms with E-state index < -0.39 is 0 Å². The maximum Gasteiger partial charge on any atom is 0.307 e. The van der Waals surface area contributed by atoms with Crippen molar-refractivity contribution in [3.63, 3.8) is 0 Å². The zero-order valence-corrected chi connectivity index (χ0v) is 11.7. The zero-order valence-electron chi connectivity index (χ0n) is 11.7. The molecule has 0 aliphatic heterocycles. The van der Waals surface area contributed by atoms with Crippen LogP contribution in [0.25, 0.3) is 0 Å². The van der Waals surface area contributed by atoms with E-state index in [0.29, 0.717) is 6.42 Å². The van der Waals surface area contributed by atoms with Crippen LogP contribution in [-0.2, 0) is 21.5 Å². The van der Waals surface area contributed by atoms with E-state index in [2.05, 4.69) is 36.5 Å². The van der Waals surface area contributed by atoms with Crippen molar-refractivity contribution in [3.05, 3.63) is 35.4 Å². The molecular weight excluding hydrogens is 226 g/mol. The molecule has 0 aliphatic carbocycles. The average Bonchev–Trinajstić information content (AvgIpc) is 2.39. The molecule has 1 N–H and O–H groups in total. The van der Waals surface area contributed by atoms with Gasteiger partial charge in [0, 0.05) is 0 Å². The minimum atomic E-state index is -0.377. The molecule has 0 aliphatic rings. The molecular formula is C15H23NO2. The monoisotopic (exact) mass is 249 g/mol. The summed E-state index contributed by atoms with van der Waals surface area (Å²) in [5, 5.41) is 3.21. The van der Waals surface area contributed by atoms with Crippen molar-refractivity contribution in [1.29, 1.82) is 0 Å². The Kier molecular flexibility index (Phi) is 5.35. The summed E-state index contributed by atoms with van der Waals surface area (Å²) in [6, 6.07) is 8.44. The van der Waals surface area contributed by atoms with Crippen LogP contribution in [0.4, 0.5) is 0 Å². The SMILES string of the molecule is CCCc1ccc(C(C)(CC(=O)OC)NC)cc1. The molecule has 0 bridgehead atoms. The lowest BCUT2D eigenvalue weighted by Crippen LogP contribution is -2.39. The fraction of sp³-hybridized carbons (Fsp3) is 0.533. The van der Waals surface area contributed by atoms with Crippen molar-refractivity contribution in [3.8, 4) is 0 Å².